The SMILES string of the molecule is CNC(C(C)c1ccncc1)C1C2CCCCC21. The van der Waals surface area contributed by atoms with Crippen LogP contribution >= 0.6 is 0 Å². The van der Waals surface area contributed by atoms with Crippen molar-refractivity contribution in [1.82, 2.24) is 10.3 Å². The van der Waals surface area contributed by atoms with Crippen LogP contribution in [-0.4, -0.2) is 18.1 Å². The van der Waals surface area contributed by atoms with Crippen LogP contribution in [0, 0.1) is 17.8 Å². The molecule has 0 amide bonds. The zero-order chi connectivity index (χ0) is 12.5. The Balaban J connectivity index is 1.73. The number of aromatic nitrogens is 1. The lowest BCUT2D eigenvalue weighted by Gasteiger charge is -2.24. The van der Waals surface area contributed by atoms with Crippen LogP contribution < -0.4 is 5.32 Å². The summed E-state index contributed by atoms with van der Waals surface area (Å²) in [6.45, 7) is 2.36. The van der Waals surface area contributed by atoms with Gasteiger partial charge in [0.15, 0.2) is 0 Å². The molecule has 98 valence electrons. The van der Waals surface area contributed by atoms with E-state index in [0.717, 1.165) is 17.8 Å². The molecule has 2 nitrogen and oxygen atoms in total. The smallest absolute Gasteiger partial charge is 0.0270 e. The van der Waals surface area contributed by atoms with Crippen molar-refractivity contribution < 1.29 is 0 Å². The molecule has 1 aromatic heterocycles. The lowest BCUT2D eigenvalue weighted by molar-refractivity contribution is 0.406. The van der Waals surface area contributed by atoms with Gasteiger partial charge >= 0.3 is 0 Å². The molecule has 1 aromatic rings. The summed E-state index contributed by atoms with van der Waals surface area (Å²) in [5, 5.41) is 3.60. The lowest BCUT2D eigenvalue weighted by Crippen LogP contribution is -2.34. The Hall–Kier alpha value is -0.890. The molecule has 2 heteroatoms. The largest absolute Gasteiger partial charge is 0.316 e. The van der Waals surface area contributed by atoms with Crippen LogP contribution in [0.15, 0.2) is 24.5 Å². The first-order valence-electron chi connectivity index (χ1n) is 7.40. The van der Waals surface area contributed by atoms with E-state index in [1.807, 2.05) is 12.4 Å². The molecule has 0 aliphatic heterocycles. The molecule has 4 unspecified atom stereocenters. The van der Waals surface area contributed by atoms with E-state index < -0.39 is 0 Å². The number of nitrogens with one attached hydrogen (secondary N) is 1. The number of rotatable bonds is 4. The number of likely N-dealkylation sites (N-methyl/N-ethyl adjacent to an activating group) is 1. The second-order valence-corrected chi connectivity index (χ2v) is 6.07. The van der Waals surface area contributed by atoms with Crippen molar-refractivity contribution in [2.75, 3.05) is 7.05 Å². The highest BCUT2D eigenvalue weighted by molar-refractivity contribution is 5.20. The van der Waals surface area contributed by atoms with Gasteiger partial charge in [0.25, 0.3) is 0 Å². The molecule has 0 bridgehead atoms. The Labute approximate surface area is 110 Å². The standard InChI is InChI=1S/C16H24N2/c1-11(12-7-9-18-10-8-12)16(17-2)15-13-5-3-4-6-14(13)15/h7-11,13-17H,3-6H2,1-2H3. The van der Waals surface area contributed by atoms with Crippen molar-refractivity contribution >= 4 is 0 Å². The van der Waals surface area contributed by atoms with E-state index >= 15 is 0 Å². The lowest BCUT2D eigenvalue weighted by atomic mass is 9.89. The maximum absolute atomic E-state index is 4.13. The third kappa shape index (κ3) is 2.07. The molecule has 2 aliphatic carbocycles. The van der Waals surface area contributed by atoms with Gasteiger partial charge in [0.2, 0.25) is 0 Å². The van der Waals surface area contributed by atoms with E-state index in [1.165, 1.54) is 31.2 Å². The quantitative estimate of drug-likeness (QED) is 0.879. The van der Waals surface area contributed by atoms with Crippen LogP contribution in [0.4, 0.5) is 0 Å². The van der Waals surface area contributed by atoms with Gasteiger partial charge in [-0.1, -0.05) is 19.8 Å². The Morgan fingerprint density at radius 3 is 2.33 bits per heavy atom. The monoisotopic (exact) mass is 244 g/mol. The van der Waals surface area contributed by atoms with Crippen LogP contribution in [0.3, 0.4) is 0 Å². The van der Waals surface area contributed by atoms with Gasteiger partial charge in [-0.05, 0) is 61.3 Å². The van der Waals surface area contributed by atoms with Crippen LogP contribution in [0.5, 0.6) is 0 Å². The predicted octanol–water partition coefficient (Wildman–Crippen LogP) is 3.21. The Kier molecular flexibility index (Phi) is 3.38. The molecular formula is C16H24N2. The number of nitrogens with zero attached hydrogens (tertiary/aromatic N) is 1. The topological polar surface area (TPSA) is 24.9 Å². The van der Waals surface area contributed by atoms with Crippen molar-refractivity contribution in [1.29, 1.82) is 0 Å². The van der Waals surface area contributed by atoms with E-state index in [9.17, 15) is 0 Å². The van der Waals surface area contributed by atoms with Gasteiger partial charge in [-0.2, -0.15) is 0 Å². The molecule has 3 rings (SSSR count). The van der Waals surface area contributed by atoms with Gasteiger partial charge in [-0.25, -0.2) is 0 Å². The number of hydrogen-bond acceptors (Lipinski definition) is 2. The fourth-order valence-electron chi connectivity index (χ4n) is 4.23. The van der Waals surface area contributed by atoms with Gasteiger partial charge in [0, 0.05) is 18.4 Å². The molecule has 1 N–H and O–H groups in total. The predicted molar refractivity (Wildman–Crippen MR) is 74.4 cm³/mol. The Morgan fingerprint density at radius 1 is 1.17 bits per heavy atom. The second kappa shape index (κ2) is 5.00. The molecule has 0 spiro atoms. The summed E-state index contributed by atoms with van der Waals surface area (Å²) in [5.74, 6) is 3.54. The fourth-order valence-corrected chi connectivity index (χ4v) is 4.23. The highest BCUT2D eigenvalue weighted by Gasteiger charge is 2.54. The Morgan fingerprint density at radius 2 is 1.78 bits per heavy atom. The summed E-state index contributed by atoms with van der Waals surface area (Å²) < 4.78 is 0. The van der Waals surface area contributed by atoms with Gasteiger partial charge in [0.1, 0.15) is 0 Å². The molecule has 0 radical (unpaired) electrons. The molecule has 0 saturated heterocycles. The first-order valence-corrected chi connectivity index (χ1v) is 7.40. The van der Waals surface area contributed by atoms with E-state index in [-0.39, 0.29) is 0 Å². The van der Waals surface area contributed by atoms with Crippen LogP contribution in [0.2, 0.25) is 0 Å². The number of hydrogen-bond donors (Lipinski definition) is 1. The average molecular weight is 244 g/mol. The number of pyridine rings is 1. The minimum Gasteiger partial charge on any atom is -0.316 e. The third-order valence-corrected chi connectivity index (χ3v) is 5.24. The molecule has 2 aliphatic rings. The Bertz CT molecular complexity index is 377. The van der Waals surface area contributed by atoms with E-state index in [1.54, 1.807) is 0 Å². The highest BCUT2D eigenvalue weighted by Crippen LogP contribution is 2.58. The van der Waals surface area contributed by atoms with Crippen molar-refractivity contribution in [3.63, 3.8) is 0 Å². The first kappa shape index (κ1) is 12.2. The van der Waals surface area contributed by atoms with Crippen molar-refractivity contribution in [3.8, 4) is 0 Å². The van der Waals surface area contributed by atoms with Gasteiger partial charge in [-0.3, -0.25) is 4.98 Å². The fraction of sp³-hybridized carbons (Fsp3) is 0.688. The molecule has 4 atom stereocenters. The summed E-state index contributed by atoms with van der Waals surface area (Å²) in [6.07, 6.45) is 9.68. The molecule has 1 heterocycles. The summed E-state index contributed by atoms with van der Waals surface area (Å²) in [5.41, 5.74) is 1.42. The van der Waals surface area contributed by atoms with Crippen molar-refractivity contribution in [3.05, 3.63) is 30.1 Å². The second-order valence-electron chi connectivity index (χ2n) is 6.07. The van der Waals surface area contributed by atoms with Crippen molar-refractivity contribution in [2.45, 2.75) is 44.6 Å². The maximum atomic E-state index is 4.13. The van der Waals surface area contributed by atoms with Gasteiger partial charge < -0.3 is 5.32 Å². The average Bonchev–Trinajstić information content (AvgIpc) is 3.15. The van der Waals surface area contributed by atoms with E-state index in [0.29, 0.717) is 12.0 Å². The van der Waals surface area contributed by atoms with Crippen molar-refractivity contribution in [2.24, 2.45) is 17.8 Å². The normalized spacial score (nSPS) is 33.6. The summed E-state index contributed by atoms with van der Waals surface area (Å²) in [4.78, 5) is 4.13. The van der Waals surface area contributed by atoms with Crippen LogP contribution in [0.1, 0.15) is 44.1 Å². The zero-order valence-corrected chi connectivity index (χ0v) is 11.5. The summed E-state index contributed by atoms with van der Waals surface area (Å²) >= 11 is 0. The van der Waals surface area contributed by atoms with Crippen LogP contribution in [0.25, 0.3) is 0 Å². The molecule has 2 saturated carbocycles. The van der Waals surface area contributed by atoms with Gasteiger partial charge in [-0.15, -0.1) is 0 Å². The molecule has 2 fully saturated rings. The first-order chi connectivity index (χ1) is 8.83. The summed E-state index contributed by atoms with van der Waals surface area (Å²) in [6, 6.07) is 4.97. The van der Waals surface area contributed by atoms with E-state index in [4.69, 9.17) is 0 Å². The number of fused-ring (bicyclic) bond motifs is 1. The molecule has 0 aromatic carbocycles. The maximum Gasteiger partial charge on any atom is 0.0270 e. The minimum atomic E-state index is 0.591. The van der Waals surface area contributed by atoms with Crippen LogP contribution in [-0.2, 0) is 0 Å². The molecule has 18 heavy (non-hydrogen) atoms. The minimum absolute atomic E-state index is 0.591. The highest BCUT2D eigenvalue weighted by atomic mass is 14.9. The molecular weight excluding hydrogens is 220 g/mol. The van der Waals surface area contributed by atoms with Gasteiger partial charge in [0.05, 0.1) is 0 Å². The summed E-state index contributed by atoms with van der Waals surface area (Å²) in [7, 11) is 2.13. The van der Waals surface area contributed by atoms with E-state index in [2.05, 4.69) is 36.4 Å². The third-order valence-electron chi connectivity index (χ3n) is 5.24. The zero-order valence-electron chi connectivity index (χ0n) is 11.5.